The molecule has 1 aromatic rings. The van der Waals surface area contributed by atoms with Crippen LogP contribution < -0.4 is 5.32 Å². The number of benzene rings is 1. The van der Waals surface area contributed by atoms with Crippen LogP contribution in [-0.2, 0) is 20.7 Å². The van der Waals surface area contributed by atoms with Crippen LogP contribution in [0.1, 0.15) is 31.7 Å². The maximum atomic E-state index is 11.8. The number of rotatable bonds is 10. The van der Waals surface area contributed by atoms with Gasteiger partial charge in [-0.3, -0.25) is 9.59 Å². The lowest BCUT2D eigenvalue weighted by Crippen LogP contribution is -2.39. The first-order valence-corrected chi connectivity index (χ1v) is 7.24. The predicted octanol–water partition coefficient (Wildman–Crippen LogP) is 2.01. The van der Waals surface area contributed by atoms with Gasteiger partial charge in [-0.25, -0.2) is 0 Å². The van der Waals surface area contributed by atoms with Gasteiger partial charge in [0.15, 0.2) is 0 Å². The molecule has 0 aliphatic rings. The molecule has 5 nitrogen and oxygen atoms in total. The molecule has 1 atom stereocenters. The van der Waals surface area contributed by atoms with E-state index >= 15 is 0 Å². The van der Waals surface area contributed by atoms with E-state index in [2.05, 4.69) is 5.32 Å². The van der Waals surface area contributed by atoms with Crippen molar-refractivity contribution in [1.82, 2.24) is 5.32 Å². The molecule has 0 radical (unpaired) electrons. The number of carboxylic acid groups (broad SMARTS) is 1. The topological polar surface area (TPSA) is 75.6 Å². The second kappa shape index (κ2) is 9.94. The molecule has 2 N–H and O–H groups in total. The summed E-state index contributed by atoms with van der Waals surface area (Å²) in [6, 6.07) is 9.51. The third-order valence-electron chi connectivity index (χ3n) is 2.98. The highest BCUT2D eigenvalue weighted by Crippen LogP contribution is 2.08. The Balaban J connectivity index is 2.51. The Hall–Kier alpha value is -1.88. The van der Waals surface area contributed by atoms with E-state index in [0.29, 0.717) is 19.4 Å². The van der Waals surface area contributed by atoms with Gasteiger partial charge in [0, 0.05) is 19.1 Å². The number of carboxylic acids is 1. The molecule has 5 heteroatoms. The van der Waals surface area contributed by atoms with Gasteiger partial charge in [-0.05, 0) is 24.8 Å². The molecule has 0 heterocycles. The van der Waals surface area contributed by atoms with Crippen molar-refractivity contribution in [3.05, 3.63) is 35.9 Å². The molecular formula is C16H23NO4. The van der Waals surface area contributed by atoms with E-state index in [4.69, 9.17) is 9.84 Å². The lowest BCUT2D eigenvalue weighted by molar-refractivity contribution is -0.137. The Kier molecular flexibility index (Phi) is 8.12. The molecule has 0 saturated carbocycles. The van der Waals surface area contributed by atoms with Crippen molar-refractivity contribution in [1.29, 1.82) is 0 Å². The lowest BCUT2D eigenvalue weighted by atomic mass is 10.0. The average molecular weight is 293 g/mol. The highest BCUT2D eigenvalue weighted by molar-refractivity contribution is 5.77. The van der Waals surface area contributed by atoms with Gasteiger partial charge >= 0.3 is 5.97 Å². The lowest BCUT2D eigenvalue weighted by Gasteiger charge is -2.18. The van der Waals surface area contributed by atoms with Crippen LogP contribution in [0.5, 0.6) is 0 Å². The SMILES string of the molecule is CCCOCC(=O)NC(CCC(=O)O)Cc1ccccc1. The molecule has 0 saturated heterocycles. The van der Waals surface area contributed by atoms with Crippen LogP contribution in [0.25, 0.3) is 0 Å². The van der Waals surface area contributed by atoms with Crippen molar-refractivity contribution in [2.75, 3.05) is 13.2 Å². The highest BCUT2D eigenvalue weighted by atomic mass is 16.5. The van der Waals surface area contributed by atoms with Crippen molar-refractivity contribution in [2.45, 2.75) is 38.6 Å². The fourth-order valence-electron chi connectivity index (χ4n) is 2.00. The number of aliphatic carboxylic acids is 1. The van der Waals surface area contributed by atoms with Crippen LogP contribution in [0.3, 0.4) is 0 Å². The molecule has 0 aromatic heterocycles. The first-order chi connectivity index (χ1) is 10.1. The summed E-state index contributed by atoms with van der Waals surface area (Å²) in [4.78, 5) is 22.5. The summed E-state index contributed by atoms with van der Waals surface area (Å²) in [6.07, 6.45) is 1.92. The summed E-state index contributed by atoms with van der Waals surface area (Å²) in [5.41, 5.74) is 1.07. The molecule has 0 spiro atoms. The van der Waals surface area contributed by atoms with Crippen LogP contribution >= 0.6 is 0 Å². The standard InChI is InChI=1S/C16H23NO4/c1-2-10-21-12-15(18)17-14(8-9-16(19)20)11-13-6-4-3-5-7-13/h3-7,14H,2,8-12H2,1H3,(H,17,18)(H,19,20). The van der Waals surface area contributed by atoms with E-state index in [1.165, 1.54) is 0 Å². The zero-order chi connectivity index (χ0) is 15.5. The zero-order valence-corrected chi connectivity index (χ0v) is 12.4. The van der Waals surface area contributed by atoms with Crippen molar-refractivity contribution in [2.24, 2.45) is 0 Å². The third-order valence-corrected chi connectivity index (χ3v) is 2.98. The minimum atomic E-state index is -0.857. The van der Waals surface area contributed by atoms with Crippen molar-refractivity contribution in [3.8, 4) is 0 Å². The summed E-state index contributed by atoms with van der Waals surface area (Å²) < 4.78 is 5.19. The fourth-order valence-corrected chi connectivity index (χ4v) is 2.00. The van der Waals surface area contributed by atoms with Gasteiger partial charge in [-0.15, -0.1) is 0 Å². The van der Waals surface area contributed by atoms with Crippen LogP contribution in [0.4, 0.5) is 0 Å². The predicted molar refractivity (Wildman–Crippen MR) is 80.1 cm³/mol. The number of ether oxygens (including phenoxy) is 1. The van der Waals surface area contributed by atoms with Gasteiger partial charge in [0.1, 0.15) is 6.61 Å². The molecule has 21 heavy (non-hydrogen) atoms. The summed E-state index contributed by atoms with van der Waals surface area (Å²) in [6.45, 7) is 2.54. The Bertz CT molecular complexity index is 433. The molecule has 1 amide bonds. The zero-order valence-electron chi connectivity index (χ0n) is 12.4. The molecular weight excluding hydrogens is 270 g/mol. The summed E-state index contributed by atoms with van der Waals surface area (Å²) in [5, 5.41) is 11.7. The average Bonchev–Trinajstić information content (AvgIpc) is 2.46. The second-order valence-corrected chi connectivity index (χ2v) is 4.94. The highest BCUT2D eigenvalue weighted by Gasteiger charge is 2.14. The molecule has 1 aromatic carbocycles. The number of hydrogen-bond donors (Lipinski definition) is 2. The van der Waals surface area contributed by atoms with Gasteiger partial charge < -0.3 is 15.2 Å². The van der Waals surface area contributed by atoms with Crippen molar-refractivity contribution >= 4 is 11.9 Å². The smallest absolute Gasteiger partial charge is 0.303 e. The Morgan fingerprint density at radius 3 is 2.62 bits per heavy atom. The molecule has 1 rings (SSSR count). The molecule has 0 aliphatic carbocycles. The van der Waals surface area contributed by atoms with Gasteiger partial charge in [0.25, 0.3) is 0 Å². The first-order valence-electron chi connectivity index (χ1n) is 7.24. The van der Waals surface area contributed by atoms with E-state index in [-0.39, 0.29) is 25.0 Å². The Morgan fingerprint density at radius 1 is 1.29 bits per heavy atom. The Morgan fingerprint density at radius 2 is 2.00 bits per heavy atom. The monoisotopic (exact) mass is 293 g/mol. The first kappa shape index (κ1) is 17.2. The number of amides is 1. The number of nitrogens with one attached hydrogen (secondary N) is 1. The molecule has 1 unspecified atom stereocenters. The van der Waals surface area contributed by atoms with Crippen molar-refractivity contribution in [3.63, 3.8) is 0 Å². The summed E-state index contributed by atoms with van der Waals surface area (Å²) in [5.74, 6) is -1.06. The molecule has 0 fully saturated rings. The van der Waals surface area contributed by atoms with E-state index in [0.717, 1.165) is 12.0 Å². The minimum Gasteiger partial charge on any atom is -0.481 e. The van der Waals surface area contributed by atoms with Gasteiger partial charge in [0.2, 0.25) is 5.91 Å². The van der Waals surface area contributed by atoms with Gasteiger partial charge in [0.05, 0.1) is 0 Å². The van der Waals surface area contributed by atoms with Crippen LogP contribution in [0.2, 0.25) is 0 Å². The van der Waals surface area contributed by atoms with Gasteiger partial charge in [-0.2, -0.15) is 0 Å². The van der Waals surface area contributed by atoms with Gasteiger partial charge in [-0.1, -0.05) is 37.3 Å². The number of hydrogen-bond acceptors (Lipinski definition) is 3. The maximum absolute atomic E-state index is 11.8. The number of carbonyl (C=O) groups excluding carboxylic acids is 1. The Labute approximate surface area is 125 Å². The normalized spacial score (nSPS) is 11.9. The van der Waals surface area contributed by atoms with E-state index in [9.17, 15) is 9.59 Å². The summed E-state index contributed by atoms with van der Waals surface area (Å²) in [7, 11) is 0. The van der Waals surface area contributed by atoms with E-state index in [1.807, 2.05) is 37.3 Å². The van der Waals surface area contributed by atoms with Crippen LogP contribution in [-0.4, -0.2) is 36.2 Å². The minimum absolute atomic E-state index is 0.0200. The molecule has 0 bridgehead atoms. The number of carbonyl (C=O) groups is 2. The maximum Gasteiger partial charge on any atom is 0.303 e. The fraction of sp³-hybridized carbons (Fsp3) is 0.500. The second-order valence-electron chi connectivity index (χ2n) is 4.94. The van der Waals surface area contributed by atoms with E-state index in [1.54, 1.807) is 0 Å². The van der Waals surface area contributed by atoms with E-state index < -0.39 is 5.97 Å². The summed E-state index contributed by atoms with van der Waals surface area (Å²) >= 11 is 0. The van der Waals surface area contributed by atoms with Crippen LogP contribution in [0.15, 0.2) is 30.3 Å². The molecule has 0 aliphatic heterocycles. The van der Waals surface area contributed by atoms with Crippen molar-refractivity contribution < 1.29 is 19.4 Å². The quantitative estimate of drug-likeness (QED) is 0.647. The third kappa shape index (κ3) is 8.09. The van der Waals surface area contributed by atoms with Crippen LogP contribution in [0, 0.1) is 0 Å². The molecule has 116 valence electrons. The largest absolute Gasteiger partial charge is 0.481 e.